The van der Waals surface area contributed by atoms with Crippen LogP contribution in [0.25, 0.3) is 22.1 Å². The molecule has 1 aliphatic carbocycles. The van der Waals surface area contributed by atoms with Gasteiger partial charge in [0, 0.05) is 30.4 Å². The molecule has 0 unspecified atom stereocenters. The number of pyridine rings is 2. The summed E-state index contributed by atoms with van der Waals surface area (Å²) in [6.07, 6.45) is 6.03. The predicted molar refractivity (Wildman–Crippen MR) is 150 cm³/mol. The summed E-state index contributed by atoms with van der Waals surface area (Å²) in [5, 5.41) is 3.93. The molecule has 1 aromatic carbocycles. The van der Waals surface area contributed by atoms with Gasteiger partial charge in [0.05, 0.1) is 24.8 Å². The molecule has 40 heavy (non-hydrogen) atoms. The minimum Gasteiger partial charge on any atom is -0.348 e. The van der Waals surface area contributed by atoms with Gasteiger partial charge < -0.3 is 14.8 Å². The minimum absolute atomic E-state index is 0.0380. The van der Waals surface area contributed by atoms with E-state index in [2.05, 4.69) is 10.3 Å². The van der Waals surface area contributed by atoms with Gasteiger partial charge in [-0.2, -0.15) is 0 Å². The summed E-state index contributed by atoms with van der Waals surface area (Å²) in [5.41, 5.74) is 0.310. The number of amides is 2. The Morgan fingerprint density at radius 2 is 1.93 bits per heavy atom. The minimum atomic E-state index is -1.44. The second-order valence-electron chi connectivity index (χ2n) is 11.2. The first kappa shape index (κ1) is 26.4. The van der Waals surface area contributed by atoms with Crippen molar-refractivity contribution in [2.24, 2.45) is 13.0 Å². The van der Waals surface area contributed by atoms with E-state index in [0.29, 0.717) is 21.8 Å². The summed E-state index contributed by atoms with van der Waals surface area (Å²) in [6.45, 7) is 1.20. The predicted octanol–water partition coefficient (Wildman–Crippen LogP) is 3.78. The Hall–Kier alpha value is -3.79. The third kappa shape index (κ3) is 4.85. The van der Waals surface area contributed by atoms with Crippen molar-refractivity contribution < 1.29 is 14.0 Å². The molecule has 0 bridgehead atoms. The SMILES string of the molecule is Cn1c(CC2CCC2)nc2cnc3c(cc(C(=O)NCc4ccc(Cl)cc4)c(=O)n3CC(=O)N3CC(C)(F)C3)c21. The quantitative estimate of drug-likeness (QED) is 0.368. The number of halogens is 2. The van der Waals surface area contributed by atoms with Gasteiger partial charge in [0.2, 0.25) is 5.91 Å². The maximum absolute atomic E-state index is 14.1. The van der Waals surface area contributed by atoms with Crippen LogP contribution in [0.3, 0.4) is 0 Å². The molecule has 3 aromatic heterocycles. The van der Waals surface area contributed by atoms with Crippen molar-refractivity contribution >= 4 is 45.5 Å². The van der Waals surface area contributed by atoms with Crippen LogP contribution in [0.2, 0.25) is 5.02 Å². The van der Waals surface area contributed by atoms with Gasteiger partial charge in [-0.05, 0) is 36.6 Å². The third-order valence-electron chi connectivity index (χ3n) is 8.03. The molecule has 11 heteroatoms. The van der Waals surface area contributed by atoms with E-state index >= 15 is 0 Å². The second kappa shape index (κ2) is 9.99. The third-order valence-corrected chi connectivity index (χ3v) is 8.29. The van der Waals surface area contributed by atoms with Crippen molar-refractivity contribution in [1.82, 2.24) is 29.3 Å². The van der Waals surface area contributed by atoms with Crippen molar-refractivity contribution in [3.8, 4) is 0 Å². The Morgan fingerprint density at radius 1 is 1.20 bits per heavy atom. The smallest absolute Gasteiger partial charge is 0.265 e. The summed E-state index contributed by atoms with van der Waals surface area (Å²) in [4.78, 5) is 50.8. The molecule has 0 atom stereocenters. The molecule has 9 nitrogen and oxygen atoms in total. The second-order valence-corrected chi connectivity index (χ2v) is 11.7. The van der Waals surface area contributed by atoms with Crippen molar-refractivity contribution in [3.63, 3.8) is 0 Å². The molecule has 2 fully saturated rings. The van der Waals surface area contributed by atoms with Crippen LogP contribution >= 0.6 is 11.6 Å². The topological polar surface area (TPSA) is 102 Å². The Balaban J connectivity index is 1.42. The van der Waals surface area contributed by atoms with Gasteiger partial charge in [-0.1, -0.05) is 43.0 Å². The number of aryl methyl sites for hydroxylation is 1. The summed E-state index contributed by atoms with van der Waals surface area (Å²) in [6, 6.07) is 8.57. The number of imidazole rings is 1. The normalized spacial score (nSPS) is 16.6. The van der Waals surface area contributed by atoms with Crippen LogP contribution in [-0.2, 0) is 31.4 Å². The van der Waals surface area contributed by atoms with E-state index in [1.165, 1.54) is 35.7 Å². The summed E-state index contributed by atoms with van der Waals surface area (Å²) >= 11 is 5.96. The fraction of sp³-hybridized carbons (Fsp3) is 0.414. The number of hydrogen-bond acceptors (Lipinski definition) is 5. The fourth-order valence-corrected chi connectivity index (χ4v) is 5.68. The van der Waals surface area contributed by atoms with Gasteiger partial charge in [0.25, 0.3) is 11.5 Å². The lowest BCUT2D eigenvalue weighted by Crippen LogP contribution is -2.60. The maximum Gasteiger partial charge on any atom is 0.265 e. The summed E-state index contributed by atoms with van der Waals surface area (Å²) in [5.74, 6) is 0.531. The number of fused-ring (bicyclic) bond motifs is 3. The standard InChI is InChI=1S/C29H30ClFN6O3/c1-29(31)15-36(16-29)24(38)14-37-26-20(25-22(13-32-26)34-23(35(25)2)10-17-4-3-5-17)11-21(28(37)40)27(39)33-12-18-6-8-19(30)9-7-18/h6-9,11,13,17H,3-5,10,12,14-16H2,1-2H3,(H,33,39). The highest BCUT2D eigenvalue weighted by Gasteiger charge is 2.41. The van der Waals surface area contributed by atoms with Crippen molar-refractivity contribution in [2.75, 3.05) is 13.1 Å². The molecule has 4 aromatic rings. The molecule has 1 saturated heterocycles. The molecule has 1 N–H and O–H groups in total. The first-order valence-corrected chi connectivity index (χ1v) is 13.8. The summed E-state index contributed by atoms with van der Waals surface area (Å²) in [7, 11) is 1.92. The number of aromatic nitrogens is 4. The van der Waals surface area contributed by atoms with Gasteiger partial charge >= 0.3 is 0 Å². The number of hydrogen-bond donors (Lipinski definition) is 1. The highest BCUT2D eigenvalue weighted by Crippen LogP contribution is 2.32. The Kier molecular flexibility index (Phi) is 6.60. The molecule has 2 amide bonds. The maximum atomic E-state index is 14.1. The monoisotopic (exact) mass is 564 g/mol. The van der Waals surface area contributed by atoms with Gasteiger partial charge in [-0.3, -0.25) is 19.0 Å². The van der Waals surface area contributed by atoms with Crippen molar-refractivity contribution in [3.05, 3.63) is 68.9 Å². The molecule has 2 aliphatic rings. The number of alkyl halides is 1. The van der Waals surface area contributed by atoms with Crippen molar-refractivity contribution in [2.45, 2.75) is 51.4 Å². The number of benzene rings is 1. The molecular formula is C29H30ClFN6O3. The van der Waals surface area contributed by atoms with E-state index in [1.807, 2.05) is 11.6 Å². The Bertz CT molecular complexity index is 1700. The lowest BCUT2D eigenvalue weighted by atomic mass is 9.83. The van der Waals surface area contributed by atoms with Crippen LogP contribution in [0.5, 0.6) is 0 Å². The number of rotatable bonds is 7. The van der Waals surface area contributed by atoms with E-state index in [4.69, 9.17) is 16.6 Å². The number of carbonyl (C=O) groups excluding carboxylic acids is 2. The van der Waals surface area contributed by atoms with E-state index < -0.39 is 23.0 Å². The number of carbonyl (C=O) groups is 2. The fourth-order valence-electron chi connectivity index (χ4n) is 5.56. The molecule has 0 radical (unpaired) electrons. The zero-order valence-electron chi connectivity index (χ0n) is 22.4. The lowest BCUT2D eigenvalue weighted by Gasteiger charge is -2.42. The van der Waals surface area contributed by atoms with E-state index in [9.17, 15) is 18.8 Å². The highest BCUT2D eigenvalue weighted by molar-refractivity contribution is 6.30. The molecule has 1 aliphatic heterocycles. The molecule has 0 spiro atoms. The number of nitrogens with one attached hydrogen (secondary N) is 1. The van der Waals surface area contributed by atoms with Crippen LogP contribution in [0.15, 0.2) is 41.3 Å². The van der Waals surface area contributed by atoms with Crippen LogP contribution < -0.4 is 10.9 Å². The molecule has 4 heterocycles. The average Bonchev–Trinajstić information content (AvgIpc) is 3.20. The highest BCUT2D eigenvalue weighted by atomic mass is 35.5. The van der Waals surface area contributed by atoms with Gasteiger partial charge in [0.1, 0.15) is 34.8 Å². The average molecular weight is 565 g/mol. The zero-order chi connectivity index (χ0) is 28.2. The molecule has 208 valence electrons. The van der Waals surface area contributed by atoms with Crippen LogP contribution in [0.1, 0.15) is 47.9 Å². The zero-order valence-corrected chi connectivity index (χ0v) is 23.2. The van der Waals surface area contributed by atoms with Crippen LogP contribution in [0, 0.1) is 5.92 Å². The molecule has 6 rings (SSSR count). The van der Waals surface area contributed by atoms with Gasteiger partial charge in [-0.15, -0.1) is 0 Å². The largest absolute Gasteiger partial charge is 0.348 e. The van der Waals surface area contributed by atoms with Gasteiger partial charge in [-0.25, -0.2) is 14.4 Å². The summed E-state index contributed by atoms with van der Waals surface area (Å²) < 4.78 is 17.3. The van der Waals surface area contributed by atoms with E-state index in [0.717, 1.165) is 23.3 Å². The number of likely N-dealkylation sites (tertiary alicyclic amines) is 1. The number of nitrogens with zero attached hydrogens (tertiary/aromatic N) is 5. The Labute approximate surface area is 235 Å². The van der Waals surface area contributed by atoms with Crippen LogP contribution in [0.4, 0.5) is 4.39 Å². The molecule has 1 saturated carbocycles. The van der Waals surface area contributed by atoms with Crippen molar-refractivity contribution in [1.29, 1.82) is 0 Å². The first-order chi connectivity index (χ1) is 19.1. The van der Waals surface area contributed by atoms with E-state index in [1.54, 1.807) is 36.5 Å². The van der Waals surface area contributed by atoms with Crippen LogP contribution in [-0.4, -0.2) is 54.6 Å². The molecular weight excluding hydrogens is 535 g/mol. The Morgan fingerprint density at radius 3 is 2.58 bits per heavy atom. The van der Waals surface area contributed by atoms with Gasteiger partial charge in [0.15, 0.2) is 0 Å². The first-order valence-electron chi connectivity index (χ1n) is 13.5. The lowest BCUT2D eigenvalue weighted by molar-refractivity contribution is -0.144. The van der Waals surface area contributed by atoms with E-state index in [-0.39, 0.29) is 37.4 Å².